The number of hydrogen-bond acceptors (Lipinski definition) is 2. The van der Waals surface area contributed by atoms with Gasteiger partial charge < -0.3 is 4.90 Å². The molecular formula is C20H32N2O. The van der Waals surface area contributed by atoms with Crippen LogP contribution in [0, 0.1) is 11.8 Å². The second-order valence-electron chi connectivity index (χ2n) is 7.51. The van der Waals surface area contributed by atoms with Crippen LogP contribution in [-0.4, -0.2) is 41.4 Å². The van der Waals surface area contributed by atoms with Crippen LogP contribution in [0.1, 0.15) is 57.0 Å². The van der Waals surface area contributed by atoms with Gasteiger partial charge in [0.05, 0.1) is 0 Å². The summed E-state index contributed by atoms with van der Waals surface area (Å²) < 4.78 is 0. The quantitative estimate of drug-likeness (QED) is 0.818. The molecule has 0 spiro atoms. The van der Waals surface area contributed by atoms with Crippen molar-refractivity contribution >= 4 is 5.91 Å². The van der Waals surface area contributed by atoms with Gasteiger partial charge in [-0.05, 0) is 56.3 Å². The molecular weight excluding hydrogens is 284 g/mol. The summed E-state index contributed by atoms with van der Waals surface area (Å²) in [6.45, 7) is 14.9. The predicted octanol–water partition coefficient (Wildman–Crippen LogP) is 4.04. The summed E-state index contributed by atoms with van der Waals surface area (Å²) in [5.41, 5.74) is 2.10. The molecule has 1 aliphatic heterocycles. The van der Waals surface area contributed by atoms with Crippen LogP contribution >= 0.6 is 0 Å². The number of carbonyl (C=O) groups excluding carboxylic acids is 1. The molecule has 1 fully saturated rings. The highest BCUT2D eigenvalue weighted by molar-refractivity contribution is 5.94. The highest BCUT2D eigenvalue weighted by Crippen LogP contribution is 2.22. The zero-order valence-electron chi connectivity index (χ0n) is 15.4. The van der Waals surface area contributed by atoms with Crippen molar-refractivity contribution in [3.63, 3.8) is 0 Å². The van der Waals surface area contributed by atoms with Crippen molar-refractivity contribution < 1.29 is 4.79 Å². The summed E-state index contributed by atoms with van der Waals surface area (Å²) in [5.74, 6) is 1.39. The summed E-state index contributed by atoms with van der Waals surface area (Å²) in [7, 11) is 0. The molecule has 1 heterocycles. The average molecular weight is 316 g/mol. The van der Waals surface area contributed by atoms with Crippen molar-refractivity contribution in [2.45, 2.75) is 53.6 Å². The van der Waals surface area contributed by atoms with Crippen LogP contribution < -0.4 is 0 Å². The number of carbonyl (C=O) groups is 1. The molecule has 2 unspecified atom stereocenters. The lowest BCUT2D eigenvalue weighted by atomic mass is 9.91. The van der Waals surface area contributed by atoms with Gasteiger partial charge in [-0.15, -0.1) is 0 Å². The minimum atomic E-state index is 0.186. The molecule has 1 amide bonds. The Morgan fingerprint density at radius 1 is 1.17 bits per heavy atom. The van der Waals surface area contributed by atoms with Crippen molar-refractivity contribution in [3.05, 3.63) is 35.4 Å². The summed E-state index contributed by atoms with van der Waals surface area (Å²) >= 11 is 0. The van der Waals surface area contributed by atoms with Crippen molar-refractivity contribution in [2.24, 2.45) is 11.8 Å². The fourth-order valence-corrected chi connectivity index (χ4v) is 3.66. The molecule has 1 aliphatic rings. The van der Waals surface area contributed by atoms with Gasteiger partial charge in [0.1, 0.15) is 0 Å². The number of amides is 1. The van der Waals surface area contributed by atoms with Gasteiger partial charge in [-0.2, -0.15) is 0 Å². The lowest BCUT2D eigenvalue weighted by molar-refractivity contribution is 0.0623. The van der Waals surface area contributed by atoms with Crippen LogP contribution in [0.3, 0.4) is 0 Å². The van der Waals surface area contributed by atoms with E-state index in [1.807, 2.05) is 17.0 Å². The Labute approximate surface area is 141 Å². The largest absolute Gasteiger partial charge is 0.338 e. The molecule has 3 heteroatoms. The Hall–Kier alpha value is -1.35. The summed E-state index contributed by atoms with van der Waals surface area (Å²) in [6, 6.07) is 8.74. The molecule has 2 rings (SSSR count). The van der Waals surface area contributed by atoms with E-state index in [0.29, 0.717) is 17.9 Å². The van der Waals surface area contributed by atoms with E-state index in [0.717, 1.165) is 31.7 Å². The molecule has 0 bridgehead atoms. The second-order valence-corrected chi connectivity index (χ2v) is 7.51. The second kappa shape index (κ2) is 7.96. The molecule has 23 heavy (non-hydrogen) atoms. The molecule has 0 aliphatic carbocycles. The van der Waals surface area contributed by atoms with Crippen LogP contribution in [0.2, 0.25) is 0 Å². The van der Waals surface area contributed by atoms with Crippen LogP contribution in [0.4, 0.5) is 0 Å². The predicted molar refractivity (Wildman–Crippen MR) is 96.5 cm³/mol. The molecule has 2 atom stereocenters. The maximum absolute atomic E-state index is 12.7. The summed E-state index contributed by atoms with van der Waals surface area (Å²) in [5, 5.41) is 0. The number of likely N-dealkylation sites (tertiary alicyclic amines) is 1. The summed E-state index contributed by atoms with van der Waals surface area (Å²) in [4.78, 5) is 17.2. The van der Waals surface area contributed by atoms with Gasteiger partial charge in [0, 0.05) is 31.2 Å². The molecule has 128 valence electrons. The molecule has 0 saturated carbocycles. The van der Waals surface area contributed by atoms with Gasteiger partial charge >= 0.3 is 0 Å². The molecule has 1 saturated heterocycles. The average Bonchev–Trinajstić information content (AvgIpc) is 2.51. The fraction of sp³-hybridized carbons (Fsp3) is 0.650. The molecule has 3 nitrogen and oxygen atoms in total. The first kappa shape index (κ1) is 18.0. The smallest absolute Gasteiger partial charge is 0.253 e. The van der Waals surface area contributed by atoms with Gasteiger partial charge in [-0.3, -0.25) is 9.69 Å². The van der Waals surface area contributed by atoms with Crippen molar-refractivity contribution in [3.8, 4) is 0 Å². The number of benzene rings is 1. The van der Waals surface area contributed by atoms with Crippen LogP contribution in [-0.2, 0) is 6.54 Å². The number of hydrogen-bond donors (Lipinski definition) is 0. The zero-order chi connectivity index (χ0) is 17.0. The van der Waals surface area contributed by atoms with Crippen molar-refractivity contribution in [1.82, 2.24) is 9.80 Å². The topological polar surface area (TPSA) is 23.6 Å². The van der Waals surface area contributed by atoms with Crippen molar-refractivity contribution in [2.75, 3.05) is 19.6 Å². The Balaban J connectivity index is 2.02. The van der Waals surface area contributed by atoms with Gasteiger partial charge in [0.25, 0.3) is 5.91 Å². The molecule has 0 N–H and O–H groups in total. The van der Waals surface area contributed by atoms with Crippen LogP contribution in [0.15, 0.2) is 24.3 Å². The number of nitrogens with zero attached hydrogens (tertiary/aromatic N) is 2. The van der Waals surface area contributed by atoms with E-state index < -0.39 is 0 Å². The third-order valence-corrected chi connectivity index (χ3v) is 4.88. The minimum Gasteiger partial charge on any atom is -0.338 e. The van der Waals surface area contributed by atoms with E-state index in [1.165, 1.54) is 12.0 Å². The minimum absolute atomic E-state index is 0.186. The van der Waals surface area contributed by atoms with Crippen molar-refractivity contribution in [1.29, 1.82) is 0 Å². The van der Waals surface area contributed by atoms with Gasteiger partial charge in [0.15, 0.2) is 0 Å². The van der Waals surface area contributed by atoms with E-state index in [9.17, 15) is 4.79 Å². The molecule has 1 aromatic carbocycles. The zero-order valence-corrected chi connectivity index (χ0v) is 15.4. The lowest BCUT2D eigenvalue weighted by Crippen LogP contribution is -2.42. The first-order valence-electron chi connectivity index (χ1n) is 9.03. The standard InChI is InChI=1S/C20H32N2O/c1-6-21(15(2)3)14-18-7-9-19(10-8-18)20(23)22-12-16(4)11-17(5)13-22/h7-10,15-17H,6,11-14H2,1-5H3. The number of rotatable bonds is 5. The fourth-order valence-electron chi connectivity index (χ4n) is 3.66. The third-order valence-electron chi connectivity index (χ3n) is 4.88. The van der Waals surface area contributed by atoms with E-state index in [1.54, 1.807) is 0 Å². The first-order valence-corrected chi connectivity index (χ1v) is 9.03. The lowest BCUT2D eigenvalue weighted by Gasteiger charge is -2.35. The monoisotopic (exact) mass is 316 g/mol. The maximum atomic E-state index is 12.7. The van der Waals surface area contributed by atoms with E-state index in [-0.39, 0.29) is 5.91 Å². The van der Waals surface area contributed by atoms with Gasteiger partial charge in [0.2, 0.25) is 0 Å². The molecule has 0 radical (unpaired) electrons. The Morgan fingerprint density at radius 2 is 1.74 bits per heavy atom. The molecule has 0 aromatic heterocycles. The van der Waals surface area contributed by atoms with Gasteiger partial charge in [-0.1, -0.05) is 32.9 Å². The Morgan fingerprint density at radius 3 is 2.22 bits per heavy atom. The summed E-state index contributed by atoms with van der Waals surface area (Å²) in [6.07, 6.45) is 1.23. The van der Waals surface area contributed by atoms with E-state index in [4.69, 9.17) is 0 Å². The third kappa shape index (κ3) is 4.81. The van der Waals surface area contributed by atoms with Crippen LogP contribution in [0.5, 0.6) is 0 Å². The highest BCUT2D eigenvalue weighted by Gasteiger charge is 2.26. The molecule has 1 aromatic rings. The highest BCUT2D eigenvalue weighted by atomic mass is 16.2. The maximum Gasteiger partial charge on any atom is 0.253 e. The van der Waals surface area contributed by atoms with E-state index >= 15 is 0 Å². The Bertz CT molecular complexity index is 499. The van der Waals surface area contributed by atoms with E-state index in [2.05, 4.69) is 51.7 Å². The number of piperidine rings is 1. The normalized spacial score (nSPS) is 22.0. The van der Waals surface area contributed by atoms with Crippen LogP contribution in [0.25, 0.3) is 0 Å². The SMILES string of the molecule is CCN(Cc1ccc(C(=O)N2CC(C)CC(C)C2)cc1)C(C)C. The first-order chi connectivity index (χ1) is 10.9. The van der Waals surface area contributed by atoms with Gasteiger partial charge in [-0.25, -0.2) is 0 Å². The Kier molecular flexibility index (Phi) is 6.23.